The van der Waals surface area contributed by atoms with Crippen LogP contribution in [0.3, 0.4) is 0 Å². The molecule has 0 spiro atoms. The first-order valence-corrected chi connectivity index (χ1v) is 4.69. The third kappa shape index (κ3) is 3.36. The molecule has 0 N–H and O–H groups in total. The second-order valence-electron chi connectivity index (χ2n) is 3.78. The summed E-state index contributed by atoms with van der Waals surface area (Å²) in [6.07, 6.45) is -9.06. The average Bonchev–Trinajstić information content (AvgIpc) is 2.57. The molecular formula is C10H6F6O3. The van der Waals surface area contributed by atoms with E-state index in [1.807, 2.05) is 0 Å². The van der Waals surface area contributed by atoms with Gasteiger partial charge in [0.1, 0.15) is 5.76 Å². The molecule has 106 valence electrons. The van der Waals surface area contributed by atoms with Crippen molar-refractivity contribution in [3.05, 3.63) is 24.0 Å². The molecule has 0 aromatic heterocycles. The van der Waals surface area contributed by atoms with Gasteiger partial charge in [0.05, 0.1) is 0 Å². The summed E-state index contributed by atoms with van der Waals surface area (Å²) in [4.78, 5) is 21.6. The topological polar surface area (TPSA) is 43.4 Å². The molecule has 0 saturated carbocycles. The van der Waals surface area contributed by atoms with Crippen molar-refractivity contribution < 1.29 is 40.7 Å². The van der Waals surface area contributed by atoms with Gasteiger partial charge in [0.25, 0.3) is 11.6 Å². The second kappa shape index (κ2) is 4.39. The Bertz CT molecular complexity index is 471. The van der Waals surface area contributed by atoms with Gasteiger partial charge >= 0.3 is 12.4 Å². The molecule has 0 aromatic rings. The summed E-state index contributed by atoms with van der Waals surface area (Å²) in [5, 5.41) is 0. The SMILES string of the molecule is CC1(C(=O)C(F)(F)F)C=CC(=CC(=O)C(F)(F)F)O1. The molecule has 1 rings (SSSR count). The number of hydrogen-bond donors (Lipinski definition) is 0. The molecule has 0 radical (unpaired) electrons. The second-order valence-corrected chi connectivity index (χ2v) is 3.78. The van der Waals surface area contributed by atoms with Gasteiger partial charge in [-0.05, 0) is 19.1 Å². The Morgan fingerprint density at radius 1 is 1.16 bits per heavy atom. The van der Waals surface area contributed by atoms with E-state index in [4.69, 9.17) is 0 Å². The molecule has 1 aliphatic heterocycles. The Kier molecular flexibility index (Phi) is 3.53. The minimum Gasteiger partial charge on any atom is -0.475 e. The number of hydrogen-bond acceptors (Lipinski definition) is 3. The molecule has 1 unspecified atom stereocenters. The molecule has 1 atom stereocenters. The molecule has 1 heterocycles. The zero-order valence-corrected chi connectivity index (χ0v) is 9.22. The molecule has 0 fully saturated rings. The fourth-order valence-corrected chi connectivity index (χ4v) is 1.25. The number of allylic oxidation sites excluding steroid dienone is 2. The summed E-state index contributed by atoms with van der Waals surface area (Å²) in [5.74, 6) is -5.34. The van der Waals surface area contributed by atoms with Gasteiger partial charge in [0, 0.05) is 6.08 Å². The first-order valence-electron chi connectivity index (χ1n) is 4.69. The molecule has 0 bridgehead atoms. The Morgan fingerprint density at radius 2 is 1.68 bits per heavy atom. The summed E-state index contributed by atoms with van der Waals surface area (Å²) in [6.45, 7) is 0.734. The van der Waals surface area contributed by atoms with Crippen LogP contribution in [-0.4, -0.2) is 29.5 Å². The summed E-state index contributed by atoms with van der Waals surface area (Å²) >= 11 is 0. The van der Waals surface area contributed by atoms with Crippen molar-refractivity contribution in [3.63, 3.8) is 0 Å². The van der Waals surface area contributed by atoms with Gasteiger partial charge in [0.15, 0.2) is 5.60 Å². The van der Waals surface area contributed by atoms with E-state index in [2.05, 4.69) is 4.74 Å². The third-order valence-electron chi connectivity index (χ3n) is 2.16. The van der Waals surface area contributed by atoms with Crippen molar-refractivity contribution in [2.75, 3.05) is 0 Å². The van der Waals surface area contributed by atoms with Gasteiger partial charge in [-0.3, -0.25) is 9.59 Å². The monoisotopic (exact) mass is 288 g/mol. The van der Waals surface area contributed by atoms with E-state index in [0.717, 1.165) is 6.92 Å². The zero-order chi connectivity index (χ0) is 15.1. The van der Waals surface area contributed by atoms with Gasteiger partial charge in [-0.15, -0.1) is 0 Å². The van der Waals surface area contributed by atoms with Crippen LogP contribution in [0.5, 0.6) is 0 Å². The molecule has 0 amide bonds. The van der Waals surface area contributed by atoms with Crippen LogP contribution in [0.25, 0.3) is 0 Å². The van der Waals surface area contributed by atoms with E-state index in [-0.39, 0.29) is 6.08 Å². The quantitative estimate of drug-likeness (QED) is 0.579. The number of carbonyl (C=O) groups is 2. The van der Waals surface area contributed by atoms with Crippen molar-refractivity contribution in [2.45, 2.75) is 24.9 Å². The number of carbonyl (C=O) groups excluding carboxylic acids is 2. The Morgan fingerprint density at radius 3 is 2.11 bits per heavy atom. The molecular weight excluding hydrogens is 282 g/mol. The van der Waals surface area contributed by atoms with E-state index in [1.165, 1.54) is 0 Å². The summed E-state index contributed by atoms with van der Waals surface area (Å²) < 4.78 is 76.8. The van der Waals surface area contributed by atoms with Crippen LogP contribution in [-0.2, 0) is 14.3 Å². The van der Waals surface area contributed by atoms with Crippen LogP contribution in [0.15, 0.2) is 24.0 Å². The zero-order valence-electron chi connectivity index (χ0n) is 9.22. The fourth-order valence-electron chi connectivity index (χ4n) is 1.25. The predicted octanol–water partition coefficient (Wildman–Crippen LogP) is 2.48. The lowest BCUT2D eigenvalue weighted by molar-refractivity contribution is -0.184. The maximum absolute atomic E-state index is 12.2. The smallest absolute Gasteiger partial charge is 0.454 e. The molecule has 1 aliphatic rings. The Labute approximate surface area is 102 Å². The maximum atomic E-state index is 12.2. The number of Topliss-reactive ketones (excluding diaryl/α,β-unsaturated/α-hetero) is 1. The van der Waals surface area contributed by atoms with E-state index in [1.54, 1.807) is 0 Å². The van der Waals surface area contributed by atoms with Crippen molar-refractivity contribution in [1.82, 2.24) is 0 Å². The van der Waals surface area contributed by atoms with E-state index >= 15 is 0 Å². The van der Waals surface area contributed by atoms with Gasteiger partial charge in [-0.2, -0.15) is 26.3 Å². The molecule has 0 saturated heterocycles. The van der Waals surface area contributed by atoms with E-state index in [9.17, 15) is 35.9 Å². The van der Waals surface area contributed by atoms with Crippen LogP contribution in [0.1, 0.15) is 6.92 Å². The maximum Gasteiger partial charge on any atom is 0.454 e. The summed E-state index contributed by atoms with van der Waals surface area (Å²) in [6, 6.07) is 0. The van der Waals surface area contributed by atoms with Crippen molar-refractivity contribution >= 4 is 11.6 Å². The van der Waals surface area contributed by atoms with Crippen molar-refractivity contribution in [2.24, 2.45) is 0 Å². The third-order valence-corrected chi connectivity index (χ3v) is 2.16. The number of halogens is 6. The minimum absolute atomic E-state index is 0.0224. The van der Waals surface area contributed by atoms with Crippen LogP contribution in [0.4, 0.5) is 26.3 Å². The van der Waals surface area contributed by atoms with Gasteiger partial charge in [0.2, 0.25) is 0 Å². The van der Waals surface area contributed by atoms with E-state index in [0.29, 0.717) is 12.2 Å². The van der Waals surface area contributed by atoms with Crippen molar-refractivity contribution in [1.29, 1.82) is 0 Å². The normalized spacial score (nSPS) is 25.5. The summed E-state index contributed by atoms with van der Waals surface area (Å²) in [5.41, 5.74) is -2.46. The summed E-state index contributed by atoms with van der Waals surface area (Å²) in [7, 11) is 0. The molecule has 0 aliphatic carbocycles. The lowest BCUT2D eigenvalue weighted by Gasteiger charge is -2.22. The number of ether oxygens (including phenoxy) is 1. The first-order chi connectivity index (χ1) is 8.36. The molecule has 19 heavy (non-hydrogen) atoms. The highest BCUT2D eigenvalue weighted by molar-refractivity contribution is 5.97. The number of alkyl halides is 6. The number of ketones is 2. The molecule has 3 nitrogen and oxygen atoms in total. The number of rotatable bonds is 2. The van der Waals surface area contributed by atoms with E-state index < -0.39 is 35.3 Å². The van der Waals surface area contributed by atoms with Crippen LogP contribution < -0.4 is 0 Å². The Balaban J connectivity index is 2.92. The standard InChI is InChI=1S/C10H6F6O3/c1-8(7(18)10(14,15)16)3-2-5(19-8)4-6(17)9(11,12)13/h2-4H,1H3. The van der Waals surface area contributed by atoms with Crippen LogP contribution in [0, 0.1) is 0 Å². The minimum atomic E-state index is -5.21. The molecule has 0 aromatic carbocycles. The largest absolute Gasteiger partial charge is 0.475 e. The lowest BCUT2D eigenvalue weighted by atomic mass is 10.0. The van der Waals surface area contributed by atoms with Gasteiger partial charge in [-0.25, -0.2) is 0 Å². The average molecular weight is 288 g/mol. The van der Waals surface area contributed by atoms with Gasteiger partial charge in [-0.1, -0.05) is 0 Å². The Hall–Kier alpha value is -1.80. The first kappa shape index (κ1) is 15.3. The highest BCUT2D eigenvalue weighted by atomic mass is 19.4. The van der Waals surface area contributed by atoms with Gasteiger partial charge < -0.3 is 4.74 Å². The highest BCUT2D eigenvalue weighted by Gasteiger charge is 2.52. The van der Waals surface area contributed by atoms with Crippen molar-refractivity contribution in [3.8, 4) is 0 Å². The lowest BCUT2D eigenvalue weighted by Crippen LogP contribution is -2.43. The fraction of sp³-hybridized carbons (Fsp3) is 0.400. The van der Waals surface area contributed by atoms with Crippen LogP contribution in [0.2, 0.25) is 0 Å². The van der Waals surface area contributed by atoms with Crippen LogP contribution >= 0.6 is 0 Å². The predicted molar refractivity (Wildman–Crippen MR) is 48.8 cm³/mol. The molecule has 9 heteroatoms. The highest BCUT2D eigenvalue weighted by Crippen LogP contribution is 2.33.